The maximum absolute atomic E-state index is 13.8. The summed E-state index contributed by atoms with van der Waals surface area (Å²) in [6.07, 6.45) is 1.14. The van der Waals surface area contributed by atoms with Gasteiger partial charge in [0.2, 0.25) is 0 Å². The van der Waals surface area contributed by atoms with Gasteiger partial charge in [-0.25, -0.2) is 9.37 Å². The van der Waals surface area contributed by atoms with Gasteiger partial charge in [0.05, 0.1) is 12.2 Å². The first-order chi connectivity index (χ1) is 9.63. The largest absolute Gasteiger partial charge is 0.378 e. The van der Waals surface area contributed by atoms with E-state index < -0.39 is 6.29 Å². The molecule has 4 nitrogen and oxygen atoms in total. The normalized spacial score (nSPS) is 11.1. The lowest BCUT2D eigenvalue weighted by Crippen LogP contribution is -2.06. The molecule has 0 saturated carbocycles. The lowest BCUT2D eigenvalue weighted by Gasteiger charge is -2.15. The topological polar surface area (TPSA) is 43.4 Å². The van der Waals surface area contributed by atoms with Crippen molar-refractivity contribution in [3.63, 3.8) is 0 Å². The zero-order chi connectivity index (χ0) is 14.5. The Morgan fingerprint density at radius 2 is 2.15 bits per heavy atom. The summed E-state index contributed by atoms with van der Waals surface area (Å²) >= 11 is 7.10. The minimum Gasteiger partial charge on any atom is -0.378 e. The maximum Gasteiger partial charge on any atom is 0.183 e. The number of anilines is 1. The quantitative estimate of drug-likeness (QED) is 0.822. The molecule has 2 aromatic rings. The lowest BCUT2D eigenvalue weighted by molar-refractivity contribution is -0.106. The van der Waals surface area contributed by atoms with Crippen molar-refractivity contribution < 1.29 is 13.9 Å². The fourth-order valence-corrected chi connectivity index (χ4v) is 2.66. The SMILES string of the molecule is COC(OC)c1ccc(F)c(NCc2cnc(Cl)s2)c1. The Morgan fingerprint density at radius 1 is 1.40 bits per heavy atom. The Labute approximate surface area is 125 Å². The van der Waals surface area contributed by atoms with Gasteiger partial charge < -0.3 is 14.8 Å². The summed E-state index contributed by atoms with van der Waals surface area (Å²) in [5.41, 5.74) is 1.12. The third-order valence-corrected chi connectivity index (χ3v) is 3.78. The summed E-state index contributed by atoms with van der Waals surface area (Å²) in [7, 11) is 3.06. The van der Waals surface area contributed by atoms with E-state index in [2.05, 4.69) is 10.3 Å². The minimum absolute atomic E-state index is 0.338. The zero-order valence-electron chi connectivity index (χ0n) is 11.0. The highest BCUT2D eigenvalue weighted by Gasteiger charge is 2.12. The summed E-state index contributed by atoms with van der Waals surface area (Å²) in [5.74, 6) is -0.338. The van der Waals surface area contributed by atoms with Crippen LogP contribution in [0.3, 0.4) is 0 Å². The summed E-state index contributed by atoms with van der Waals surface area (Å²) < 4.78 is 24.5. The second-order valence-electron chi connectivity index (χ2n) is 3.98. The molecule has 1 heterocycles. The van der Waals surface area contributed by atoms with Gasteiger partial charge in [0.25, 0.3) is 0 Å². The first kappa shape index (κ1) is 15.2. The van der Waals surface area contributed by atoms with E-state index in [0.29, 0.717) is 16.7 Å². The number of hydrogen-bond acceptors (Lipinski definition) is 5. The molecule has 20 heavy (non-hydrogen) atoms. The summed E-state index contributed by atoms with van der Waals surface area (Å²) in [4.78, 5) is 4.86. The second kappa shape index (κ2) is 6.99. The van der Waals surface area contributed by atoms with Crippen molar-refractivity contribution in [3.8, 4) is 0 Å². The standard InChI is InChI=1S/C13H14ClFN2O2S/c1-18-12(19-2)8-3-4-10(15)11(5-8)16-6-9-7-17-13(14)20-9/h3-5,7,12,16H,6H2,1-2H3. The number of rotatable bonds is 6. The van der Waals surface area contributed by atoms with Crippen molar-refractivity contribution in [1.29, 1.82) is 0 Å². The third kappa shape index (κ3) is 3.67. The number of halogens is 2. The van der Waals surface area contributed by atoms with Crippen LogP contribution >= 0.6 is 22.9 Å². The number of benzene rings is 1. The average molecular weight is 317 g/mol. The Balaban J connectivity index is 2.12. The molecule has 0 saturated heterocycles. The van der Waals surface area contributed by atoms with Gasteiger partial charge in [-0.05, 0) is 12.1 Å². The van der Waals surface area contributed by atoms with E-state index in [1.807, 2.05) is 0 Å². The van der Waals surface area contributed by atoms with Crippen molar-refractivity contribution in [2.24, 2.45) is 0 Å². The third-order valence-electron chi connectivity index (χ3n) is 2.67. The molecular formula is C13H14ClFN2O2S. The highest BCUT2D eigenvalue weighted by Crippen LogP contribution is 2.25. The molecule has 0 fully saturated rings. The van der Waals surface area contributed by atoms with Gasteiger partial charge in [0.15, 0.2) is 10.8 Å². The zero-order valence-corrected chi connectivity index (χ0v) is 12.6. The number of hydrogen-bond donors (Lipinski definition) is 1. The van der Waals surface area contributed by atoms with E-state index >= 15 is 0 Å². The first-order valence-corrected chi connectivity index (χ1v) is 7.02. The number of aromatic nitrogens is 1. The molecule has 0 aliphatic heterocycles. The fraction of sp³-hybridized carbons (Fsp3) is 0.308. The Hall–Kier alpha value is -1.21. The molecule has 1 aromatic heterocycles. The smallest absolute Gasteiger partial charge is 0.183 e. The van der Waals surface area contributed by atoms with Crippen molar-refractivity contribution in [2.45, 2.75) is 12.8 Å². The number of methoxy groups -OCH3 is 2. The molecule has 1 N–H and O–H groups in total. The minimum atomic E-state index is -0.519. The van der Waals surface area contributed by atoms with Crippen molar-refractivity contribution in [2.75, 3.05) is 19.5 Å². The van der Waals surface area contributed by atoms with E-state index in [9.17, 15) is 4.39 Å². The van der Waals surface area contributed by atoms with Crippen molar-refractivity contribution in [1.82, 2.24) is 4.98 Å². The molecule has 0 aliphatic carbocycles. The molecule has 0 atom stereocenters. The van der Waals surface area contributed by atoms with Crippen molar-refractivity contribution >= 4 is 28.6 Å². The van der Waals surface area contributed by atoms with Gasteiger partial charge in [0.1, 0.15) is 5.82 Å². The van der Waals surface area contributed by atoms with Crippen LogP contribution in [0.4, 0.5) is 10.1 Å². The monoisotopic (exact) mass is 316 g/mol. The summed E-state index contributed by atoms with van der Waals surface area (Å²) in [6.45, 7) is 0.454. The van der Waals surface area contributed by atoms with Crippen LogP contribution in [0.15, 0.2) is 24.4 Å². The van der Waals surface area contributed by atoms with Gasteiger partial charge in [-0.2, -0.15) is 0 Å². The molecule has 7 heteroatoms. The van der Waals surface area contributed by atoms with Gasteiger partial charge in [-0.15, -0.1) is 11.3 Å². The molecule has 2 rings (SSSR count). The lowest BCUT2D eigenvalue weighted by atomic mass is 10.2. The maximum atomic E-state index is 13.8. The van der Waals surface area contributed by atoms with Crippen LogP contribution in [0.5, 0.6) is 0 Å². The fourth-order valence-electron chi connectivity index (χ4n) is 1.74. The van der Waals surface area contributed by atoms with Crippen LogP contribution in [0.1, 0.15) is 16.7 Å². The number of ether oxygens (including phenoxy) is 2. The number of thiazole rings is 1. The van der Waals surface area contributed by atoms with Crippen LogP contribution < -0.4 is 5.32 Å². The highest BCUT2D eigenvalue weighted by molar-refractivity contribution is 7.15. The van der Waals surface area contributed by atoms with Gasteiger partial charge >= 0.3 is 0 Å². The molecule has 0 unspecified atom stereocenters. The molecule has 0 bridgehead atoms. The number of nitrogens with one attached hydrogen (secondary N) is 1. The van der Waals surface area contributed by atoms with E-state index in [1.165, 1.54) is 31.6 Å². The van der Waals surface area contributed by atoms with Crippen molar-refractivity contribution in [3.05, 3.63) is 45.1 Å². The van der Waals surface area contributed by atoms with Gasteiger partial charge in [-0.3, -0.25) is 0 Å². The van der Waals surface area contributed by atoms with E-state index in [1.54, 1.807) is 18.3 Å². The Morgan fingerprint density at radius 3 is 2.75 bits per heavy atom. The van der Waals surface area contributed by atoms with E-state index in [4.69, 9.17) is 21.1 Å². The molecule has 0 aliphatic rings. The summed E-state index contributed by atoms with van der Waals surface area (Å²) in [6, 6.07) is 4.67. The molecule has 0 radical (unpaired) electrons. The van der Waals surface area contributed by atoms with Gasteiger partial charge in [0, 0.05) is 30.9 Å². The van der Waals surface area contributed by atoms with Crippen LogP contribution in [0.25, 0.3) is 0 Å². The molecular weight excluding hydrogens is 303 g/mol. The Bertz CT molecular complexity index is 575. The molecule has 1 aromatic carbocycles. The molecule has 0 amide bonds. The van der Waals surface area contributed by atoms with Crippen LogP contribution in [-0.4, -0.2) is 19.2 Å². The Kier molecular flexibility index (Phi) is 5.31. The predicted molar refractivity (Wildman–Crippen MR) is 77.6 cm³/mol. The van der Waals surface area contributed by atoms with Crippen LogP contribution in [0.2, 0.25) is 4.47 Å². The second-order valence-corrected chi connectivity index (χ2v) is 5.67. The summed E-state index contributed by atoms with van der Waals surface area (Å²) in [5, 5.41) is 3.01. The number of nitrogens with zero attached hydrogens (tertiary/aromatic N) is 1. The predicted octanol–water partition coefficient (Wildman–Crippen LogP) is 3.84. The van der Waals surface area contributed by atoms with E-state index in [0.717, 1.165) is 10.4 Å². The average Bonchev–Trinajstić information content (AvgIpc) is 2.86. The van der Waals surface area contributed by atoms with Gasteiger partial charge in [-0.1, -0.05) is 17.7 Å². The van der Waals surface area contributed by atoms with E-state index in [-0.39, 0.29) is 5.82 Å². The highest BCUT2D eigenvalue weighted by atomic mass is 35.5. The van der Waals surface area contributed by atoms with Crippen LogP contribution in [-0.2, 0) is 16.0 Å². The first-order valence-electron chi connectivity index (χ1n) is 5.83. The molecule has 108 valence electrons. The van der Waals surface area contributed by atoms with Crippen LogP contribution in [0, 0.1) is 5.82 Å². The molecule has 0 spiro atoms.